The number of unbranched alkanes of at least 4 members (excludes halogenated alkanes) is 1. The molecule has 0 radical (unpaired) electrons. The van der Waals surface area contributed by atoms with Crippen molar-refractivity contribution in [3.8, 4) is 5.75 Å². The van der Waals surface area contributed by atoms with Crippen LogP contribution in [0.15, 0.2) is 58.8 Å². The van der Waals surface area contributed by atoms with E-state index in [0.717, 1.165) is 30.7 Å². The summed E-state index contributed by atoms with van der Waals surface area (Å²) in [6.07, 6.45) is 5.45. The third-order valence-corrected chi connectivity index (χ3v) is 10.5. The quantitative estimate of drug-likeness (QED) is 0.336. The zero-order valence-corrected chi connectivity index (χ0v) is 23.7. The van der Waals surface area contributed by atoms with Gasteiger partial charge in [0.2, 0.25) is 5.91 Å². The van der Waals surface area contributed by atoms with Gasteiger partial charge in [-0.1, -0.05) is 43.7 Å². The number of rotatable bonds is 12. The van der Waals surface area contributed by atoms with Crippen LogP contribution in [0, 0.1) is 0 Å². The lowest BCUT2D eigenvalue weighted by molar-refractivity contribution is 0.0999. The summed E-state index contributed by atoms with van der Waals surface area (Å²) in [5.74, 6) is 0.0184. The average molecular weight is 556 g/mol. The van der Waals surface area contributed by atoms with Crippen LogP contribution in [0.25, 0.3) is 0 Å². The lowest BCUT2D eigenvalue weighted by atomic mass is 10.0. The van der Waals surface area contributed by atoms with Crippen LogP contribution in [0.5, 0.6) is 5.75 Å². The molecule has 3 aromatic rings. The van der Waals surface area contributed by atoms with Crippen LogP contribution >= 0.6 is 11.3 Å². The van der Waals surface area contributed by atoms with Gasteiger partial charge in [-0.25, -0.2) is 8.42 Å². The van der Waals surface area contributed by atoms with E-state index < -0.39 is 15.9 Å². The number of methoxy groups -OCH3 is 1. The highest BCUT2D eigenvalue weighted by molar-refractivity contribution is 7.91. The zero-order valence-electron chi connectivity index (χ0n) is 22.1. The summed E-state index contributed by atoms with van der Waals surface area (Å²) >= 11 is 1.23. The van der Waals surface area contributed by atoms with Crippen molar-refractivity contribution in [2.24, 2.45) is 5.73 Å². The van der Waals surface area contributed by atoms with Crippen LogP contribution in [0.3, 0.4) is 0 Å². The normalized spacial score (nSPS) is 15.0. The molecular weight excluding hydrogens is 518 g/mol. The summed E-state index contributed by atoms with van der Waals surface area (Å²) in [5, 5.41) is 3.60. The molecule has 2 heterocycles. The van der Waals surface area contributed by atoms with E-state index >= 15 is 0 Å². The van der Waals surface area contributed by atoms with Gasteiger partial charge in [-0.05, 0) is 61.1 Å². The molecule has 0 spiro atoms. The fourth-order valence-electron chi connectivity index (χ4n) is 4.83. The molecular formula is C29H37N3O4S2. The van der Waals surface area contributed by atoms with E-state index in [0.29, 0.717) is 40.6 Å². The molecule has 2 aromatic carbocycles. The van der Waals surface area contributed by atoms with Gasteiger partial charge in [-0.15, -0.1) is 11.3 Å². The molecule has 1 aliphatic heterocycles. The maximum Gasteiger partial charge on any atom is 0.252 e. The van der Waals surface area contributed by atoms with Crippen molar-refractivity contribution in [2.45, 2.75) is 62.2 Å². The Hall–Kier alpha value is -2.72. The highest BCUT2D eigenvalue weighted by Gasteiger charge is 2.30. The number of piperidine rings is 1. The Kier molecular flexibility index (Phi) is 9.59. The van der Waals surface area contributed by atoms with Gasteiger partial charge in [0, 0.05) is 48.1 Å². The number of nitrogens with one attached hydrogen (secondary N) is 1. The number of nitrogens with zero attached hydrogens (tertiary/aromatic N) is 1. The van der Waals surface area contributed by atoms with Gasteiger partial charge in [0.25, 0.3) is 10.0 Å². The number of hydrogen-bond donors (Lipinski definition) is 2. The summed E-state index contributed by atoms with van der Waals surface area (Å²) < 4.78 is 34.0. The van der Waals surface area contributed by atoms with E-state index in [-0.39, 0.29) is 6.04 Å². The van der Waals surface area contributed by atoms with Crippen LogP contribution in [0.2, 0.25) is 0 Å². The molecule has 0 unspecified atom stereocenters. The van der Waals surface area contributed by atoms with Crippen LogP contribution in [-0.2, 0) is 29.4 Å². The van der Waals surface area contributed by atoms with Gasteiger partial charge in [0.05, 0.1) is 7.11 Å². The average Bonchev–Trinajstić information content (AvgIpc) is 3.41. The van der Waals surface area contributed by atoms with Gasteiger partial charge < -0.3 is 15.8 Å². The zero-order chi connectivity index (χ0) is 27.1. The molecule has 7 nitrogen and oxygen atoms in total. The van der Waals surface area contributed by atoms with E-state index in [2.05, 4.69) is 36.5 Å². The Balaban J connectivity index is 1.33. The van der Waals surface area contributed by atoms with Crippen molar-refractivity contribution < 1.29 is 17.9 Å². The summed E-state index contributed by atoms with van der Waals surface area (Å²) in [5.41, 5.74) is 9.22. The molecule has 1 aliphatic rings. The van der Waals surface area contributed by atoms with Crippen molar-refractivity contribution in [3.63, 3.8) is 0 Å². The molecule has 0 atom stereocenters. The van der Waals surface area contributed by atoms with Crippen molar-refractivity contribution in [1.82, 2.24) is 9.62 Å². The summed E-state index contributed by atoms with van der Waals surface area (Å²) in [6.45, 7) is 3.97. The number of aryl methyl sites for hydroxylation is 1. The second kappa shape index (κ2) is 12.9. The lowest BCUT2D eigenvalue weighted by Gasteiger charge is -2.31. The molecule has 204 valence electrons. The molecule has 4 rings (SSSR count). The first-order valence-electron chi connectivity index (χ1n) is 13.2. The predicted octanol–water partition coefficient (Wildman–Crippen LogP) is 4.73. The minimum atomic E-state index is -3.58. The molecule has 1 amide bonds. The first-order chi connectivity index (χ1) is 18.3. The Morgan fingerprint density at radius 3 is 2.45 bits per heavy atom. The number of hydrogen-bond acceptors (Lipinski definition) is 6. The maximum absolute atomic E-state index is 13.4. The monoisotopic (exact) mass is 555 g/mol. The number of primary amides is 1. The third kappa shape index (κ3) is 6.83. The first kappa shape index (κ1) is 28.3. The topological polar surface area (TPSA) is 102 Å². The summed E-state index contributed by atoms with van der Waals surface area (Å²) in [6, 6.07) is 17.7. The molecule has 9 heteroatoms. The molecule has 0 saturated carbocycles. The first-order valence-corrected chi connectivity index (χ1v) is 15.4. The van der Waals surface area contributed by atoms with Gasteiger partial charge in [-0.3, -0.25) is 4.79 Å². The van der Waals surface area contributed by atoms with E-state index in [9.17, 15) is 13.2 Å². The molecule has 0 bridgehead atoms. The Labute approximate surface area is 230 Å². The molecule has 3 N–H and O–H groups in total. The molecule has 38 heavy (non-hydrogen) atoms. The summed E-state index contributed by atoms with van der Waals surface area (Å²) in [7, 11) is -2.04. The fourth-order valence-corrected chi connectivity index (χ4v) is 7.82. The van der Waals surface area contributed by atoms with Crippen LogP contribution in [0.4, 0.5) is 0 Å². The van der Waals surface area contributed by atoms with Crippen molar-refractivity contribution >= 4 is 27.3 Å². The predicted molar refractivity (Wildman–Crippen MR) is 152 cm³/mol. The molecule has 1 fully saturated rings. The van der Waals surface area contributed by atoms with Gasteiger partial charge in [0.15, 0.2) is 0 Å². The molecule has 1 aromatic heterocycles. The van der Waals surface area contributed by atoms with Gasteiger partial charge >= 0.3 is 0 Å². The van der Waals surface area contributed by atoms with E-state index in [4.69, 9.17) is 10.5 Å². The number of nitrogens with two attached hydrogens (primary N) is 1. The van der Waals surface area contributed by atoms with Gasteiger partial charge in [-0.2, -0.15) is 4.31 Å². The number of benzene rings is 2. The van der Waals surface area contributed by atoms with E-state index in [1.54, 1.807) is 34.6 Å². The summed E-state index contributed by atoms with van der Waals surface area (Å²) in [4.78, 5) is 12.7. The van der Waals surface area contributed by atoms with E-state index in [1.807, 2.05) is 0 Å². The highest BCUT2D eigenvalue weighted by Crippen LogP contribution is 2.31. The number of thiophene rings is 1. The van der Waals surface area contributed by atoms with E-state index in [1.165, 1.54) is 42.4 Å². The SMILES string of the molecule is CCCCc1ccc(CNC2CCN(S(=O)(=O)c3ccc(Cc4c(OC)cccc4C(N)=O)s3)CC2)cc1. The fraction of sp³-hybridized carbons (Fsp3) is 0.414. The minimum absolute atomic E-state index is 0.290. The Bertz CT molecular complexity index is 1330. The number of carbonyl (C=O) groups excluding carboxylic acids is 1. The van der Waals surface area contributed by atoms with Gasteiger partial charge in [0.1, 0.15) is 9.96 Å². The Morgan fingerprint density at radius 1 is 1.08 bits per heavy atom. The van der Waals surface area contributed by atoms with Crippen LogP contribution in [-0.4, -0.2) is 44.9 Å². The number of sulfonamides is 1. The lowest BCUT2D eigenvalue weighted by Crippen LogP contribution is -2.44. The number of carbonyl (C=O) groups is 1. The third-order valence-electron chi connectivity index (χ3n) is 7.09. The number of amides is 1. The van der Waals surface area contributed by atoms with Crippen molar-refractivity contribution in [3.05, 3.63) is 81.7 Å². The number of ether oxygens (including phenoxy) is 1. The largest absolute Gasteiger partial charge is 0.496 e. The maximum atomic E-state index is 13.4. The van der Waals surface area contributed by atoms with Crippen molar-refractivity contribution in [1.29, 1.82) is 0 Å². The van der Waals surface area contributed by atoms with Crippen LogP contribution in [0.1, 0.15) is 64.5 Å². The second-order valence-corrected chi connectivity index (χ2v) is 13.1. The Morgan fingerprint density at radius 2 is 1.79 bits per heavy atom. The highest BCUT2D eigenvalue weighted by atomic mass is 32.2. The van der Waals surface area contributed by atoms with Crippen LogP contribution < -0.4 is 15.8 Å². The smallest absolute Gasteiger partial charge is 0.252 e. The molecule has 1 saturated heterocycles. The second-order valence-electron chi connectivity index (χ2n) is 9.73. The molecule has 0 aliphatic carbocycles. The van der Waals surface area contributed by atoms with Crippen molar-refractivity contribution in [2.75, 3.05) is 20.2 Å². The standard InChI is InChI=1S/C29H37N3O4S2/c1-3-4-6-21-9-11-22(12-10-21)20-31-23-15-17-32(18-16-23)38(34,35)28-14-13-24(37-28)19-26-25(29(30)33)7-5-8-27(26)36-2/h5,7-14,23,31H,3-4,6,15-20H2,1-2H3,(H2,30,33). The minimum Gasteiger partial charge on any atom is -0.496 e.